The zero-order valence-corrected chi connectivity index (χ0v) is 12.8. The van der Waals surface area contributed by atoms with Crippen LogP contribution in [0.2, 0.25) is 0 Å². The molecule has 20 heavy (non-hydrogen) atoms. The molecule has 1 aromatic heterocycles. The number of carbonyl (C=O) groups excluding carboxylic acids is 1. The van der Waals surface area contributed by atoms with Crippen LogP contribution in [0.15, 0.2) is 12.1 Å². The lowest BCUT2D eigenvalue weighted by Gasteiger charge is -2.38. The normalized spacial score (nSPS) is 18.1. The fourth-order valence-corrected chi connectivity index (χ4v) is 2.90. The van der Waals surface area contributed by atoms with E-state index in [9.17, 15) is 4.79 Å². The second kappa shape index (κ2) is 5.81. The molecule has 1 saturated heterocycles. The summed E-state index contributed by atoms with van der Waals surface area (Å²) in [6.07, 6.45) is 4.11. The number of nitrogens with two attached hydrogens (primary N) is 1. The summed E-state index contributed by atoms with van der Waals surface area (Å²) < 4.78 is 0. The number of amides is 1. The van der Waals surface area contributed by atoms with Gasteiger partial charge in [-0.15, -0.1) is 0 Å². The van der Waals surface area contributed by atoms with E-state index in [1.54, 1.807) is 6.07 Å². The van der Waals surface area contributed by atoms with Gasteiger partial charge in [-0.25, -0.2) is 4.98 Å². The van der Waals surface area contributed by atoms with Crippen molar-refractivity contribution in [2.75, 3.05) is 18.8 Å². The minimum absolute atomic E-state index is 0.0872. The number of carbonyl (C=O) groups is 1. The molecule has 1 aromatic rings. The minimum atomic E-state index is 0.0872. The third kappa shape index (κ3) is 3.50. The van der Waals surface area contributed by atoms with Gasteiger partial charge in [-0.1, -0.05) is 27.2 Å². The van der Waals surface area contributed by atoms with Crippen molar-refractivity contribution in [3.05, 3.63) is 23.4 Å². The number of hydrogen-bond acceptors (Lipinski definition) is 3. The Morgan fingerprint density at radius 3 is 2.85 bits per heavy atom. The van der Waals surface area contributed by atoms with Crippen LogP contribution in [0.3, 0.4) is 0 Å². The van der Waals surface area contributed by atoms with E-state index < -0.39 is 0 Å². The Bertz CT molecular complexity index is 496. The van der Waals surface area contributed by atoms with E-state index in [0.717, 1.165) is 38.0 Å². The molecule has 1 fully saturated rings. The molecule has 110 valence electrons. The van der Waals surface area contributed by atoms with Crippen molar-refractivity contribution in [2.45, 2.75) is 46.5 Å². The van der Waals surface area contributed by atoms with Gasteiger partial charge in [0.15, 0.2) is 0 Å². The third-order valence-electron chi connectivity index (χ3n) is 3.84. The van der Waals surface area contributed by atoms with E-state index in [1.165, 1.54) is 6.42 Å². The lowest BCUT2D eigenvalue weighted by Crippen LogP contribution is -2.43. The van der Waals surface area contributed by atoms with Gasteiger partial charge in [0.1, 0.15) is 5.82 Å². The monoisotopic (exact) mass is 275 g/mol. The molecule has 2 N–H and O–H groups in total. The van der Waals surface area contributed by atoms with Gasteiger partial charge in [0.25, 0.3) is 5.91 Å². The zero-order valence-electron chi connectivity index (χ0n) is 12.8. The molecule has 4 heteroatoms. The Morgan fingerprint density at radius 1 is 1.45 bits per heavy atom. The molecule has 1 amide bonds. The number of aryl methyl sites for hydroxylation is 1. The predicted molar refractivity (Wildman–Crippen MR) is 81.6 cm³/mol. The van der Waals surface area contributed by atoms with Gasteiger partial charge in [-0.05, 0) is 36.8 Å². The Hall–Kier alpha value is -1.58. The summed E-state index contributed by atoms with van der Waals surface area (Å²) >= 11 is 0. The number of aromatic nitrogens is 1. The summed E-state index contributed by atoms with van der Waals surface area (Å²) in [6.45, 7) is 8.19. The van der Waals surface area contributed by atoms with Crippen molar-refractivity contribution in [1.29, 1.82) is 0 Å². The van der Waals surface area contributed by atoms with Crippen LogP contribution < -0.4 is 5.73 Å². The van der Waals surface area contributed by atoms with Crippen molar-refractivity contribution in [1.82, 2.24) is 9.88 Å². The number of likely N-dealkylation sites (tertiary alicyclic amines) is 1. The van der Waals surface area contributed by atoms with Crippen molar-refractivity contribution in [2.24, 2.45) is 5.41 Å². The zero-order chi connectivity index (χ0) is 14.8. The molecule has 0 bridgehead atoms. The average Bonchev–Trinajstić information content (AvgIpc) is 2.36. The number of piperidine rings is 1. The van der Waals surface area contributed by atoms with Crippen molar-refractivity contribution in [3.63, 3.8) is 0 Å². The number of anilines is 1. The lowest BCUT2D eigenvalue weighted by atomic mass is 9.84. The van der Waals surface area contributed by atoms with Crippen LogP contribution in [-0.2, 0) is 6.42 Å². The van der Waals surface area contributed by atoms with Gasteiger partial charge in [0, 0.05) is 24.3 Å². The Labute approximate surface area is 121 Å². The number of nitrogens with zero attached hydrogens (tertiary/aromatic N) is 2. The highest BCUT2D eigenvalue weighted by atomic mass is 16.2. The Morgan fingerprint density at radius 2 is 2.20 bits per heavy atom. The highest BCUT2D eigenvalue weighted by molar-refractivity contribution is 5.95. The van der Waals surface area contributed by atoms with Crippen LogP contribution >= 0.6 is 0 Å². The molecule has 1 aliphatic heterocycles. The van der Waals surface area contributed by atoms with Crippen molar-refractivity contribution >= 4 is 11.7 Å². The van der Waals surface area contributed by atoms with Crippen LogP contribution in [0.25, 0.3) is 0 Å². The summed E-state index contributed by atoms with van der Waals surface area (Å²) in [7, 11) is 0. The number of nitrogen functional groups attached to an aromatic ring is 1. The fraction of sp³-hybridized carbons (Fsp3) is 0.625. The second-order valence-corrected chi connectivity index (χ2v) is 6.52. The number of hydrogen-bond donors (Lipinski definition) is 1. The summed E-state index contributed by atoms with van der Waals surface area (Å²) in [6, 6.07) is 3.59. The fourth-order valence-electron chi connectivity index (χ4n) is 2.90. The molecule has 0 unspecified atom stereocenters. The maximum absolute atomic E-state index is 12.6. The SMILES string of the molecule is CCCc1cc(C(=O)N2CCCC(C)(C)C2)cc(N)n1. The molecular formula is C16H25N3O. The van der Waals surface area contributed by atoms with Crippen LogP contribution in [-0.4, -0.2) is 28.9 Å². The third-order valence-corrected chi connectivity index (χ3v) is 3.84. The van der Waals surface area contributed by atoms with Crippen molar-refractivity contribution < 1.29 is 4.79 Å². The smallest absolute Gasteiger partial charge is 0.254 e. The molecule has 4 nitrogen and oxygen atoms in total. The molecule has 1 aliphatic rings. The summed E-state index contributed by atoms with van der Waals surface area (Å²) in [4.78, 5) is 18.9. The maximum atomic E-state index is 12.6. The van der Waals surface area contributed by atoms with Crippen molar-refractivity contribution in [3.8, 4) is 0 Å². The number of rotatable bonds is 3. The molecule has 0 saturated carbocycles. The molecule has 0 atom stereocenters. The maximum Gasteiger partial charge on any atom is 0.254 e. The first kappa shape index (κ1) is 14.8. The van der Waals surface area contributed by atoms with Gasteiger partial charge < -0.3 is 10.6 Å². The van der Waals surface area contributed by atoms with Gasteiger partial charge in [0.05, 0.1) is 0 Å². The first-order valence-corrected chi connectivity index (χ1v) is 7.47. The highest BCUT2D eigenvalue weighted by Crippen LogP contribution is 2.29. The van der Waals surface area contributed by atoms with Crippen LogP contribution in [0.1, 0.15) is 56.1 Å². The largest absolute Gasteiger partial charge is 0.384 e. The number of pyridine rings is 1. The van der Waals surface area contributed by atoms with E-state index >= 15 is 0 Å². The molecule has 0 aliphatic carbocycles. The minimum Gasteiger partial charge on any atom is -0.384 e. The van der Waals surface area contributed by atoms with Gasteiger partial charge in [0.2, 0.25) is 0 Å². The van der Waals surface area contributed by atoms with E-state index in [1.807, 2.05) is 11.0 Å². The second-order valence-electron chi connectivity index (χ2n) is 6.52. The quantitative estimate of drug-likeness (QED) is 0.922. The Balaban J connectivity index is 2.20. The Kier molecular flexibility index (Phi) is 4.31. The summed E-state index contributed by atoms with van der Waals surface area (Å²) in [5.74, 6) is 0.528. The summed E-state index contributed by atoms with van der Waals surface area (Å²) in [5, 5.41) is 0. The molecule has 2 heterocycles. The predicted octanol–water partition coefficient (Wildman–Crippen LogP) is 2.88. The first-order valence-electron chi connectivity index (χ1n) is 7.47. The highest BCUT2D eigenvalue weighted by Gasteiger charge is 2.29. The average molecular weight is 275 g/mol. The topological polar surface area (TPSA) is 59.2 Å². The molecule has 0 radical (unpaired) electrons. The molecular weight excluding hydrogens is 250 g/mol. The molecule has 2 rings (SSSR count). The molecule has 0 aromatic carbocycles. The van der Waals surface area contributed by atoms with Gasteiger partial charge in [-0.3, -0.25) is 4.79 Å². The summed E-state index contributed by atoms with van der Waals surface area (Å²) in [5.41, 5.74) is 7.62. The molecule has 0 spiro atoms. The standard InChI is InChI=1S/C16H25N3O/c1-4-6-13-9-12(10-14(17)18-13)15(20)19-8-5-7-16(2,3)11-19/h9-10H,4-8,11H2,1-3H3,(H2,17,18). The van der Waals surface area contributed by atoms with E-state index in [0.29, 0.717) is 11.4 Å². The van der Waals surface area contributed by atoms with Crippen LogP contribution in [0.4, 0.5) is 5.82 Å². The van der Waals surface area contributed by atoms with E-state index in [2.05, 4.69) is 25.8 Å². The van der Waals surface area contributed by atoms with E-state index in [-0.39, 0.29) is 11.3 Å². The van der Waals surface area contributed by atoms with Crippen LogP contribution in [0.5, 0.6) is 0 Å². The van der Waals surface area contributed by atoms with Gasteiger partial charge >= 0.3 is 0 Å². The van der Waals surface area contributed by atoms with Crippen LogP contribution in [0, 0.1) is 5.41 Å². The van der Waals surface area contributed by atoms with Gasteiger partial charge in [-0.2, -0.15) is 0 Å². The van der Waals surface area contributed by atoms with E-state index in [4.69, 9.17) is 5.73 Å². The first-order chi connectivity index (χ1) is 9.41. The lowest BCUT2D eigenvalue weighted by molar-refractivity contribution is 0.0583.